The van der Waals surface area contributed by atoms with Crippen LogP contribution in [0.15, 0.2) is 47.0 Å². The molecule has 1 aromatic heterocycles. The summed E-state index contributed by atoms with van der Waals surface area (Å²) in [5.74, 6) is -0.911. The smallest absolute Gasteiger partial charge is 0.418 e. The zero-order valence-corrected chi connectivity index (χ0v) is 19.8. The Balaban J connectivity index is 1.32. The van der Waals surface area contributed by atoms with Gasteiger partial charge in [-0.3, -0.25) is 4.79 Å². The van der Waals surface area contributed by atoms with Gasteiger partial charge in [0.05, 0.1) is 11.5 Å². The van der Waals surface area contributed by atoms with E-state index in [1.807, 2.05) is 12.1 Å². The Bertz CT molecular complexity index is 1250. The van der Waals surface area contributed by atoms with Crippen LogP contribution < -0.4 is 10.2 Å². The molecule has 196 valence electrons. The number of anilines is 2. The zero-order valence-electron chi connectivity index (χ0n) is 19.8. The topological polar surface area (TPSA) is 91.5 Å². The number of rotatable bonds is 6. The molecule has 1 saturated heterocycles. The summed E-state index contributed by atoms with van der Waals surface area (Å²) in [4.78, 5) is 17.0. The fourth-order valence-corrected chi connectivity index (χ4v) is 5.01. The molecule has 2 aromatic carbocycles. The van der Waals surface area contributed by atoms with Crippen LogP contribution in [0, 0.1) is 5.92 Å². The monoisotopic (exact) mass is 518 g/mol. The standard InChI is InChI=1S/C26H26F4N4O3/c27-18-9-11-34(12-10-18)22-8-4-16(14-21(22)26(28,29)30)23-32-24(37-33-23)15-1-5-19(6-2-15)31-20-7-3-17(13-20)25(35)36/h1-2,4-6,8,14,17-18,20,31H,3,7,9-13H2,(H,35,36). The van der Waals surface area contributed by atoms with Crippen LogP contribution >= 0.6 is 0 Å². The minimum Gasteiger partial charge on any atom is -0.481 e. The number of piperidine rings is 1. The van der Waals surface area contributed by atoms with Crippen molar-refractivity contribution >= 4 is 17.3 Å². The van der Waals surface area contributed by atoms with E-state index in [1.54, 1.807) is 17.0 Å². The first-order chi connectivity index (χ1) is 17.7. The number of carbonyl (C=O) groups is 1. The van der Waals surface area contributed by atoms with Gasteiger partial charge in [-0.1, -0.05) is 5.16 Å². The molecule has 0 amide bonds. The average Bonchev–Trinajstić information content (AvgIpc) is 3.55. The third-order valence-electron chi connectivity index (χ3n) is 7.04. The summed E-state index contributed by atoms with van der Waals surface area (Å²) in [5.41, 5.74) is 0.787. The number of aliphatic carboxylic acids is 1. The fourth-order valence-electron chi connectivity index (χ4n) is 5.01. The Kier molecular flexibility index (Phi) is 6.78. The van der Waals surface area contributed by atoms with Crippen LogP contribution in [0.1, 0.15) is 37.7 Å². The van der Waals surface area contributed by atoms with Crippen LogP contribution in [-0.2, 0) is 11.0 Å². The lowest BCUT2D eigenvalue weighted by Gasteiger charge is -2.32. The van der Waals surface area contributed by atoms with Crippen LogP contribution in [0.2, 0.25) is 0 Å². The highest BCUT2D eigenvalue weighted by molar-refractivity contribution is 5.71. The van der Waals surface area contributed by atoms with Crippen molar-refractivity contribution in [1.82, 2.24) is 10.1 Å². The molecule has 2 atom stereocenters. The minimum absolute atomic E-state index is 0.0203. The van der Waals surface area contributed by atoms with Crippen molar-refractivity contribution in [3.63, 3.8) is 0 Å². The van der Waals surface area contributed by atoms with Crippen LogP contribution in [-0.4, -0.2) is 46.5 Å². The second kappa shape index (κ2) is 10.0. The lowest BCUT2D eigenvalue weighted by Crippen LogP contribution is -2.35. The molecule has 11 heteroatoms. The van der Waals surface area contributed by atoms with E-state index in [1.165, 1.54) is 12.1 Å². The van der Waals surface area contributed by atoms with E-state index in [2.05, 4.69) is 15.5 Å². The van der Waals surface area contributed by atoms with Crippen molar-refractivity contribution in [2.45, 2.75) is 50.5 Å². The number of carboxylic acid groups (broad SMARTS) is 1. The van der Waals surface area contributed by atoms with Gasteiger partial charge in [0.25, 0.3) is 5.89 Å². The summed E-state index contributed by atoms with van der Waals surface area (Å²) >= 11 is 0. The normalized spacial score (nSPS) is 20.8. The Labute approximate surface area is 210 Å². The van der Waals surface area contributed by atoms with Gasteiger partial charge in [-0.2, -0.15) is 18.2 Å². The Morgan fingerprint density at radius 3 is 2.38 bits per heavy atom. The van der Waals surface area contributed by atoms with E-state index in [4.69, 9.17) is 9.63 Å². The Morgan fingerprint density at radius 2 is 1.73 bits per heavy atom. The van der Waals surface area contributed by atoms with Gasteiger partial charge in [0, 0.05) is 41.6 Å². The number of nitrogens with one attached hydrogen (secondary N) is 1. The lowest BCUT2D eigenvalue weighted by atomic mass is 10.0. The SMILES string of the molecule is O=C(O)C1CCC(Nc2ccc(-c3nc(-c4ccc(N5CCC(F)CC5)c(C(F)(F)F)c4)no3)cc2)C1. The van der Waals surface area contributed by atoms with Crippen molar-refractivity contribution in [1.29, 1.82) is 0 Å². The number of aromatic nitrogens is 2. The molecular formula is C26H26F4N4O3. The van der Waals surface area contributed by atoms with Gasteiger partial charge < -0.3 is 19.8 Å². The quantitative estimate of drug-likeness (QED) is 0.385. The maximum atomic E-state index is 13.9. The zero-order chi connectivity index (χ0) is 26.2. The number of hydrogen-bond acceptors (Lipinski definition) is 6. The number of halogens is 4. The summed E-state index contributed by atoms with van der Waals surface area (Å²) in [7, 11) is 0. The lowest BCUT2D eigenvalue weighted by molar-refractivity contribution is -0.141. The molecule has 1 saturated carbocycles. The fraction of sp³-hybridized carbons (Fsp3) is 0.423. The third kappa shape index (κ3) is 5.55. The molecule has 5 rings (SSSR count). The van der Waals surface area contributed by atoms with E-state index in [0.717, 1.165) is 18.2 Å². The third-order valence-corrected chi connectivity index (χ3v) is 7.04. The predicted octanol–water partition coefficient (Wildman–Crippen LogP) is 6.03. The second-order valence-electron chi connectivity index (χ2n) is 9.58. The number of benzene rings is 2. The highest BCUT2D eigenvalue weighted by Gasteiger charge is 2.36. The van der Waals surface area contributed by atoms with Crippen LogP contribution in [0.25, 0.3) is 22.8 Å². The highest BCUT2D eigenvalue weighted by atomic mass is 19.4. The van der Waals surface area contributed by atoms with Crippen molar-refractivity contribution in [2.24, 2.45) is 5.92 Å². The minimum atomic E-state index is -4.60. The Morgan fingerprint density at radius 1 is 1.03 bits per heavy atom. The van der Waals surface area contributed by atoms with E-state index < -0.39 is 23.9 Å². The number of hydrogen-bond donors (Lipinski definition) is 2. The van der Waals surface area contributed by atoms with Gasteiger partial charge in [-0.15, -0.1) is 0 Å². The van der Waals surface area contributed by atoms with E-state index in [-0.39, 0.29) is 60.9 Å². The molecule has 1 aliphatic heterocycles. The van der Waals surface area contributed by atoms with Crippen LogP contribution in [0.3, 0.4) is 0 Å². The van der Waals surface area contributed by atoms with Crippen molar-refractivity contribution in [2.75, 3.05) is 23.3 Å². The summed E-state index contributed by atoms with van der Waals surface area (Å²) in [6, 6.07) is 11.1. The van der Waals surface area contributed by atoms with Gasteiger partial charge in [0.2, 0.25) is 5.82 Å². The summed E-state index contributed by atoms with van der Waals surface area (Å²) in [6.45, 7) is 0.448. The molecule has 37 heavy (non-hydrogen) atoms. The summed E-state index contributed by atoms with van der Waals surface area (Å²) in [5, 5.41) is 16.4. The van der Waals surface area contributed by atoms with Gasteiger partial charge >= 0.3 is 12.1 Å². The molecule has 1 aliphatic carbocycles. The molecule has 2 aliphatic rings. The first-order valence-corrected chi connectivity index (χ1v) is 12.2. The van der Waals surface area contributed by atoms with Crippen molar-refractivity contribution in [3.8, 4) is 22.8 Å². The maximum absolute atomic E-state index is 13.9. The molecule has 0 bridgehead atoms. The van der Waals surface area contributed by atoms with Crippen molar-refractivity contribution < 1.29 is 32.0 Å². The number of carboxylic acids is 1. The molecule has 0 spiro atoms. The maximum Gasteiger partial charge on any atom is 0.418 e. The van der Waals surface area contributed by atoms with Crippen LogP contribution in [0.5, 0.6) is 0 Å². The summed E-state index contributed by atoms with van der Waals surface area (Å²) < 4.78 is 60.5. The Hall–Kier alpha value is -3.63. The van der Waals surface area contributed by atoms with E-state index >= 15 is 0 Å². The number of nitrogens with zero attached hydrogens (tertiary/aromatic N) is 3. The van der Waals surface area contributed by atoms with E-state index in [0.29, 0.717) is 18.4 Å². The first kappa shape index (κ1) is 25.0. The molecule has 2 heterocycles. The molecule has 2 N–H and O–H groups in total. The van der Waals surface area contributed by atoms with Crippen LogP contribution in [0.4, 0.5) is 28.9 Å². The van der Waals surface area contributed by atoms with Gasteiger partial charge in [0.1, 0.15) is 6.17 Å². The van der Waals surface area contributed by atoms with Gasteiger partial charge in [-0.05, 0) is 74.6 Å². The largest absolute Gasteiger partial charge is 0.481 e. The second-order valence-corrected chi connectivity index (χ2v) is 9.58. The highest BCUT2D eigenvalue weighted by Crippen LogP contribution is 2.40. The first-order valence-electron chi connectivity index (χ1n) is 12.2. The van der Waals surface area contributed by atoms with Gasteiger partial charge in [-0.25, -0.2) is 4.39 Å². The molecule has 2 unspecified atom stereocenters. The number of alkyl halides is 4. The van der Waals surface area contributed by atoms with E-state index in [9.17, 15) is 22.4 Å². The average molecular weight is 519 g/mol. The predicted molar refractivity (Wildman–Crippen MR) is 129 cm³/mol. The molecule has 2 fully saturated rings. The molecular weight excluding hydrogens is 492 g/mol. The summed E-state index contributed by atoms with van der Waals surface area (Å²) in [6.07, 6.45) is -3.20. The molecule has 7 nitrogen and oxygen atoms in total. The molecule has 3 aromatic rings. The van der Waals surface area contributed by atoms with Crippen molar-refractivity contribution in [3.05, 3.63) is 48.0 Å². The van der Waals surface area contributed by atoms with Gasteiger partial charge in [0.15, 0.2) is 0 Å². The molecule has 0 radical (unpaired) electrons.